The van der Waals surface area contributed by atoms with Crippen LogP contribution in [-0.4, -0.2) is 31.3 Å². The van der Waals surface area contributed by atoms with Gasteiger partial charge < -0.3 is 9.29 Å². The molecule has 0 aliphatic carbocycles. The first-order chi connectivity index (χ1) is 4.92. The normalized spacial score (nSPS) is 10.2. The van der Waals surface area contributed by atoms with Crippen LogP contribution in [0.25, 0.3) is 0 Å². The monoisotopic (exact) mass is 188 g/mol. The molecule has 0 saturated heterocycles. The van der Waals surface area contributed by atoms with E-state index in [9.17, 15) is 17.8 Å². The van der Waals surface area contributed by atoms with Gasteiger partial charge in [0.2, 0.25) is 0 Å². The predicted octanol–water partition coefficient (Wildman–Crippen LogP) is -3.51. The summed E-state index contributed by atoms with van der Waals surface area (Å²) in [7, 11) is -4.16. The molecule has 7 heteroatoms. The fourth-order valence-electron chi connectivity index (χ4n) is 0.452. The van der Waals surface area contributed by atoms with Crippen molar-refractivity contribution in [1.82, 2.24) is 0 Å². The zero-order chi connectivity index (χ0) is 8.91. The van der Waals surface area contributed by atoms with E-state index in [1.165, 1.54) is 6.92 Å². The second kappa shape index (κ2) is 6.49. The van der Waals surface area contributed by atoms with E-state index in [2.05, 4.69) is 4.74 Å². The van der Waals surface area contributed by atoms with Crippen molar-refractivity contribution in [2.75, 3.05) is 12.4 Å². The van der Waals surface area contributed by atoms with Gasteiger partial charge in [-0.3, -0.25) is 4.79 Å². The van der Waals surface area contributed by atoms with Gasteiger partial charge in [0.25, 0.3) is 0 Å². The molecule has 0 N–H and O–H groups in total. The third-order valence-corrected chi connectivity index (χ3v) is 1.63. The van der Waals surface area contributed by atoms with Crippen LogP contribution in [0.1, 0.15) is 13.3 Å². The van der Waals surface area contributed by atoms with Gasteiger partial charge >= 0.3 is 24.8 Å². The molecule has 0 amide bonds. The molecule has 66 valence electrons. The molecule has 0 rings (SSSR count). The summed E-state index contributed by atoms with van der Waals surface area (Å²) < 4.78 is 34.3. The molecule has 0 radical (unpaired) electrons. The predicted molar refractivity (Wildman–Crippen MR) is 35.8 cm³/mol. The maximum Gasteiger partial charge on any atom is 1.00 e. The molecule has 0 aliphatic heterocycles. The number of carbonyl (C=O) groups excluding carboxylic acids is 1. The molecule has 5 nitrogen and oxygen atoms in total. The topological polar surface area (TPSA) is 83.5 Å². The Morgan fingerprint density at radius 1 is 1.50 bits per heavy atom. The van der Waals surface area contributed by atoms with Crippen LogP contribution in [0.15, 0.2) is 0 Å². The molecule has 0 aliphatic rings. The third kappa shape index (κ3) is 12.6. The number of carbonyl (C=O) groups is 1. The zero-order valence-electron chi connectivity index (χ0n) is 7.07. The first kappa shape index (κ1) is 14.5. The van der Waals surface area contributed by atoms with Gasteiger partial charge in [0.05, 0.1) is 16.7 Å². The van der Waals surface area contributed by atoms with Crippen molar-refractivity contribution in [2.24, 2.45) is 0 Å². The summed E-state index contributed by atoms with van der Waals surface area (Å²) in [4.78, 5) is 10.1. The van der Waals surface area contributed by atoms with Crippen molar-refractivity contribution in [3.05, 3.63) is 0 Å². The summed E-state index contributed by atoms with van der Waals surface area (Å²) >= 11 is 0. The summed E-state index contributed by atoms with van der Waals surface area (Å²) in [5.41, 5.74) is 0. The Morgan fingerprint density at radius 2 is 2.00 bits per heavy atom. The summed E-state index contributed by atoms with van der Waals surface area (Å²) in [6.07, 6.45) is 0.0609. The molecule has 12 heavy (non-hydrogen) atoms. The van der Waals surface area contributed by atoms with Crippen molar-refractivity contribution in [3.63, 3.8) is 0 Å². The molecule has 0 aromatic rings. The molecule has 0 atom stereocenters. The van der Waals surface area contributed by atoms with Crippen molar-refractivity contribution in [3.8, 4) is 0 Å². The van der Waals surface area contributed by atoms with Crippen molar-refractivity contribution in [1.29, 1.82) is 0 Å². The standard InChI is InChI=1S/C5H10O5S.Li/c1-5(6)10-3-2-4-11(7,8)9;/h2-4H2,1H3,(H,7,8,9);/q;+1/p-1. The van der Waals surface area contributed by atoms with E-state index in [0.717, 1.165) is 0 Å². The minimum Gasteiger partial charge on any atom is -0.748 e. The fourth-order valence-corrected chi connectivity index (χ4v) is 0.923. The maximum absolute atomic E-state index is 10.1. The van der Waals surface area contributed by atoms with E-state index >= 15 is 0 Å². The van der Waals surface area contributed by atoms with Gasteiger partial charge in [-0.05, 0) is 6.42 Å². The Kier molecular flexibility index (Phi) is 7.84. The Labute approximate surface area is 83.4 Å². The van der Waals surface area contributed by atoms with Gasteiger partial charge in [-0.25, -0.2) is 8.42 Å². The summed E-state index contributed by atoms with van der Waals surface area (Å²) in [6.45, 7) is 1.20. The second-order valence-corrected chi connectivity index (χ2v) is 3.48. The van der Waals surface area contributed by atoms with Gasteiger partial charge in [0.1, 0.15) is 0 Å². The van der Waals surface area contributed by atoms with Crippen LogP contribution in [0.3, 0.4) is 0 Å². The number of ether oxygens (including phenoxy) is 1. The summed E-state index contributed by atoms with van der Waals surface area (Å²) in [6, 6.07) is 0. The van der Waals surface area contributed by atoms with Crippen molar-refractivity contribution >= 4 is 16.1 Å². The van der Waals surface area contributed by atoms with Crippen molar-refractivity contribution < 1.29 is 41.4 Å². The van der Waals surface area contributed by atoms with E-state index in [0.29, 0.717) is 0 Å². The summed E-state index contributed by atoms with van der Waals surface area (Å²) in [5, 5.41) is 0. The molecule has 0 spiro atoms. The van der Waals surface area contributed by atoms with Gasteiger partial charge in [-0.2, -0.15) is 0 Å². The van der Waals surface area contributed by atoms with Crippen LogP contribution < -0.4 is 18.9 Å². The van der Waals surface area contributed by atoms with Crippen LogP contribution in [-0.2, 0) is 19.6 Å². The maximum atomic E-state index is 10.1. The second-order valence-electron chi connectivity index (χ2n) is 1.96. The van der Waals surface area contributed by atoms with Crippen LogP contribution >= 0.6 is 0 Å². The Morgan fingerprint density at radius 3 is 2.33 bits per heavy atom. The minimum atomic E-state index is -4.16. The first-order valence-electron chi connectivity index (χ1n) is 2.99. The Bertz CT molecular complexity index is 222. The first-order valence-corrected chi connectivity index (χ1v) is 4.56. The SMILES string of the molecule is CC(=O)OCCCS(=O)(=O)[O-].[Li+]. The van der Waals surface area contributed by atoms with Gasteiger partial charge in [-0.15, -0.1) is 0 Å². The number of esters is 1. The van der Waals surface area contributed by atoms with Gasteiger partial charge in [0, 0.05) is 12.7 Å². The largest absolute Gasteiger partial charge is 1.00 e. The molecular weight excluding hydrogens is 179 g/mol. The van der Waals surface area contributed by atoms with Crippen LogP contribution in [0.2, 0.25) is 0 Å². The Hall–Kier alpha value is -0.0226. The van der Waals surface area contributed by atoms with E-state index in [4.69, 9.17) is 0 Å². The molecule has 0 bridgehead atoms. The molecule has 0 fully saturated rings. The van der Waals surface area contributed by atoms with E-state index in [1.54, 1.807) is 0 Å². The smallest absolute Gasteiger partial charge is 0.748 e. The zero-order valence-corrected chi connectivity index (χ0v) is 7.89. The Balaban J connectivity index is 0. The number of rotatable bonds is 4. The van der Waals surface area contributed by atoms with Gasteiger partial charge in [-0.1, -0.05) is 0 Å². The average molecular weight is 188 g/mol. The minimum absolute atomic E-state index is 0. The fraction of sp³-hybridized carbons (Fsp3) is 0.800. The molecule has 0 heterocycles. The molecule has 0 saturated carbocycles. The van der Waals surface area contributed by atoms with Crippen LogP contribution in [0.4, 0.5) is 0 Å². The van der Waals surface area contributed by atoms with Crippen LogP contribution in [0.5, 0.6) is 0 Å². The number of hydrogen-bond donors (Lipinski definition) is 0. The molecule has 0 aromatic heterocycles. The summed E-state index contributed by atoms with van der Waals surface area (Å²) in [5.74, 6) is -0.964. The average Bonchev–Trinajstić information content (AvgIpc) is 1.78. The quantitative estimate of drug-likeness (QED) is 0.198. The molecular formula is C5H9LiO5S. The van der Waals surface area contributed by atoms with E-state index < -0.39 is 21.8 Å². The van der Waals surface area contributed by atoms with E-state index in [1.807, 2.05) is 0 Å². The number of hydrogen-bond acceptors (Lipinski definition) is 5. The van der Waals surface area contributed by atoms with Gasteiger partial charge in [0.15, 0.2) is 0 Å². The van der Waals surface area contributed by atoms with Crippen molar-refractivity contribution in [2.45, 2.75) is 13.3 Å². The third-order valence-electron chi connectivity index (χ3n) is 0.844. The van der Waals surface area contributed by atoms with E-state index in [-0.39, 0.29) is 31.9 Å². The van der Waals surface area contributed by atoms with Crippen LogP contribution in [0, 0.1) is 0 Å². The molecule has 0 unspecified atom stereocenters. The molecule has 0 aromatic carbocycles.